The number of rotatable bonds is 5. The molecule has 5 N–H and O–H groups in total. The Labute approximate surface area is 269 Å². The molecule has 1 aromatic rings. The number of morpholine rings is 2. The van der Waals surface area contributed by atoms with Crippen molar-refractivity contribution in [2.45, 2.75) is 26.9 Å². The summed E-state index contributed by atoms with van der Waals surface area (Å²) in [5.41, 5.74) is 4.25. The summed E-state index contributed by atoms with van der Waals surface area (Å²) in [6.07, 6.45) is -2.31. The fourth-order valence-corrected chi connectivity index (χ4v) is 2.69. The van der Waals surface area contributed by atoms with Crippen LogP contribution in [0.2, 0.25) is 0 Å². The number of H-pyrrole nitrogens is 1. The van der Waals surface area contributed by atoms with E-state index in [-0.39, 0.29) is 78.3 Å². The summed E-state index contributed by atoms with van der Waals surface area (Å²) in [5, 5.41) is 25.0. The molecule has 0 bridgehead atoms. The Kier molecular flexibility index (Phi) is 27.1. The Hall–Kier alpha value is -2.09. The first kappa shape index (κ1) is 43.4. The molecule has 1 aromatic heterocycles. The Morgan fingerprint density at radius 3 is 1.85 bits per heavy atom. The number of nitrogens with two attached hydrogens (primary N) is 1. The largest absolute Gasteiger partial charge is 1.00 e. The molecule has 2 aliphatic heterocycles. The van der Waals surface area contributed by atoms with Crippen LogP contribution < -0.4 is 50.9 Å². The van der Waals surface area contributed by atoms with Crippen LogP contribution in [0.5, 0.6) is 5.88 Å². The van der Waals surface area contributed by atoms with Gasteiger partial charge in [-0.25, -0.2) is 14.0 Å². The number of hydrogen-bond acceptors (Lipinski definition) is 12. The molecule has 2 aliphatic rings. The van der Waals surface area contributed by atoms with Crippen molar-refractivity contribution >= 4 is 40.8 Å². The van der Waals surface area contributed by atoms with E-state index in [9.17, 15) is 23.2 Å². The molecule has 19 heteroatoms. The number of aromatic amines is 1. The van der Waals surface area contributed by atoms with Gasteiger partial charge >= 0.3 is 41.5 Å². The third-order valence-electron chi connectivity index (χ3n) is 4.48. The van der Waals surface area contributed by atoms with Gasteiger partial charge in [0.1, 0.15) is 0 Å². The van der Waals surface area contributed by atoms with E-state index >= 15 is 0 Å². The molecule has 0 saturated carbocycles. The monoisotopic (exact) mass is 670 g/mol. The van der Waals surface area contributed by atoms with E-state index in [2.05, 4.69) is 19.4 Å². The van der Waals surface area contributed by atoms with E-state index < -0.39 is 35.4 Å². The van der Waals surface area contributed by atoms with Gasteiger partial charge in [-0.2, -0.15) is 9.37 Å². The Bertz CT molecular complexity index is 921. The molecule has 41 heavy (non-hydrogen) atoms. The number of anilines is 1. The van der Waals surface area contributed by atoms with Gasteiger partial charge in [-0.3, -0.25) is 15.2 Å². The normalized spacial score (nSPS) is 13.7. The number of carbonyl (C=O) groups is 2. The van der Waals surface area contributed by atoms with Crippen LogP contribution in [0, 0.1) is 11.2 Å². The number of carbonyl (C=O) groups excluding carboxylic acids is 2. The van der Waals surface area contributed by atoms with Crippen LogP contribution in [-0.2, 0) is 28.5 Å². The van der Waals surface area contributed by atoms with Gasteiger partial charge < -0.3 is 44.7 Å². The van der Waals surface area contributed by atoms with Crippen molar-refractivity contribution in [3.63, 3.8) is 0 Å². The number of aromatic hydroxyl groups is 1. The molecule has 0 radical (unpaired) electrons. The van der Waals surface area contributed by atoms with Gasteiger partial charge in [0, 0.05) is 26.2 Å². The smallest absolute Gasteiger partial charge is 0.855 e. The summed E-state index contributed by atoms with van der Waals surface area (Å²) in [4.78, 5) is 41.5. The topological polar surface area (TPSA) is 216 Å². The second kappa shape index (κ2) is 25.6. The molecular weight excluding hydrogens is 633 g/mol. The maximum absolute atomic E-state index is 12.8. The van der Waals surface area contributed by atoms with Crippen LogP contribution in [0.15, 0.2) is 4.79 Å². The zero-order chi connectivity index (χ0) is 29.8. The van der Waals surface area contributed by atoms with Gasteiger partial charge in [0.05, 0.1) is 39.6 Å². The summed E-state index contributed by atoms with van der Waals surface area (Å²) in [7, 11) is 0. The number of guanidine groups is 1. The first-order chi connectivity index (χ1) is 18.5. The van der Waals surface area contributed by atoms with E-state index in [1.54, 1.807) is 16.7 Å². The quantitative estimate of drug-likeness (QED) is 0.0775. The Morgan fingerprint density at radius 1 is 1.10 bits per heavy atom. The minimum absolute atomic E-state index is 0. The second-order valence-electron chi connectivity index (χ2n) is 7.27. The molecule has 232 valence electrons. The van der Waals surface area contributed by atoms with Crippen LogP contribution in [0.25, 0.3) is 0 Å². The molecule has 0 unspecified atom stereocenters. The molecule has 0 atom stereocenters. The standard InChI is InChI=1S/C8H10FN3O3.C7H11FO4.C5H11N3O.C2H5O.BrH.Na/c9-5-6(13)10-8(11-7(5)14)12-1-3-15-4-2-12;1-3-11-6(9)5(8)7(10)12-4-2;6-5(7)8-1-3-9-4-2-8;1-2-3;;/h1-4H2,(H2,10,11,13,14);5H,3-4H2,1-2H3;1-4H2,(H3,6,7);2H2,1H3;1H;/q;;;-1;;+1. The number of nitrogens with zero attached hydrogens (tertiary/aromatic N) is 3. The van der Waals surface area contributed by atoms with Crippen molar-refractivity contribution in [1.29, 1.82) is 5.41 Å². The van der Waals surface area contributed by atoms with Crippen LogP contribution in [0.4, 0.5) is 14.7 Å². The average molecular weight is 671 g/mol. The third kappa shape index (κ3) is 18.1. The molecule has 2 fully saturated rings. The fourth-order valence-electron chi connectivity index (χ4n) is 2.69. The van der Waals surface area contributed by atoms with E-state index in [1.165, 1.54) is 13.8 Å². The van der Waals surface area contributed by atoms with Gasteiger partial charge in [0.2, 0.25) is 11.8 Å². The van der Waals surface area contributed by atoms with Gasteiger partial charge in [-0.1, -0.05) is 6.92 Å². The summed E-state index contributed by atoms with van der Waals surface area (Å²) in [6.45, 7) is 9.73. The van der Waals surface area contributed by atoms with E-state index in [0.717, 1.165) is 13.1 Å². The molecule has 3 heterocycles. The molecule has 0 aromatic carbocycles. The maximum Gasteiger partial charge on any atom is 1.00 e. The summed E-state index contributed by atoms with van der Waals surface area (Å²) in [6, 6.07) is 0. The molecule has 0 spiro atoms. The Balaban J connectivity index is -0.000000505. The van der Waals surface area contributed by atoms with E-state index in [0.29, 0.717) is 39.5 Å². The van der Waals surface area contributed by atoms with Gasteiger partial charge in [0.15, 0.2) is 5.96 Å². The summed E-state index contributed by atoms with van der Waals surface area (Å²) in [5.74, 6) is -4.21. The number of nitrogens with one attached hydrogen (secondary N) is 2. The number of aromatic nitrogens is 2. The van der Waals surface area contributed by atoms with Crippen LogP contribution in [0.1, 0.15) is 20.8 Å². The Morgan fingerprint density at radius 2 is 1.51 bits per heavy atom. The van der Waals surface area contributed by atoms with Crippen LogP contribution in [-0.4, -0.2) is 116 Å². The molecule has 3 rings (SSSR count). The fraction of sp³-hybridized carbons (Fsp3) is 0.682. The van der Waals surface area contributed by atoms with Crippen molar-refractivity contribution in [3.8, 4) is 5.88 Å². The van der Waals surface area contributed by atoms with Gasteiger partial charge in [-0.15, -0.1) is 23.6 Å². The SMILES string of the molecule is Br.CCOC(=O)C(F)C(=O)OCC.CC[O-].N=C(N)N1CCOCC1.O=c1[nH]c(N2CCOCC2)nc(O)c1F.[Na+]. The summed E-state index contributed by atoms with van der Waals surface area (Å²) >= 11 is 0. The molecular formula is C22H38BrF2N6NaO9. The van der Waals surface area contributed by atoms with Crippen molar-refractivity contribution in [1.82, 2.24) is 14.9 Å². The van der Waals surface area contributed by atoms with Crippen molar-refractivity contribution in [3.05, 3.63) is 16.2 Å². The second-order valence-corrected chi connectivity index (χ2v) is 7.27. The molecule has 15 nitrogen and oxygen atoms in total. The molecule has 2 saturated heterocycles. The number of alkyl halides is 1. The van der Waals surface area contributed by atoms with Gasteiger partial charge in [0.25, 0.3) is 17.6 Å². The number of esters is 2. The van der Waals surface area contributed by atoms with Crippen molar-refractivity contribution in [2.75, 3.05) is 77.3 Å². The minimum Gasteiger partial charge on any atom is -0.855 e. The van der Waals surface area contributed by atoms with Crippen molar-refractivity contribution in [2.24, 2.45) is 5.73 Å². The zero-order valence-electron chi connectivity index (χ0n) is 23.7. The first-order valence-electron chi connectivity index (χ1n) is 12.1. The zero-order valence-corrected chi connectivity index (χ0v) is 27.4. The molecule has 0 amide bonds. The average Bonchev–Trinajstić information content (AvgIpc) is 2.93. The van der Waals surface area contributed by atoms with Crippen molar-refractivity contribution < 1.29 is 77.1 Å². The maximum atomic E-state index is 12.8. The molecule has 0 aliphatic carbocycles. The van der Waals surface area contributed by atoms with Gasteiger partial charge in [-0.05, 0) is 13.8 Å². The van der Waals surface area contributed by atoms with E-state index in [4.69, 9.17) is 30.8 Å². The van der Waals surface area contributed by atoms with E-state index in [1.807, 2.05) is 0 Å². The predicted octanol–water partition coefficient (Wildman–Crippen LogP) is -3.94. The number of ether oxygens (including phenoxy) is 4. The summed E-state index contributed by atoms with van der Waals surface area (Å²) < 4.78 is 44.1. The van der Waals surface area contributed by atoms with Crippen LogP contribution >= 0.6 is 17.0 Å². The number of hydrogen-bond donors (Lipinski definition) is 4. The minimum atomic E-state index is -2.31. The third-order valence-corrected chi connectivity index (χ3v) is 4.48. The van der Waals surface area contributed by atoms with Crippen LogP contribution in [0.3, 0.4) is 0 Å². The first-order valence-corrected chi connectivity index (χ1v) is 12.1. The predicted molar refractivity (Wildman–Crippen MR) is 143 cm³/mol. The number of halogens is 3.